The number of ether oxygens (including phenoxy) is 1. The van der Waals surface area contributed by atoms with Crippen molar-refractivity contribution in [1.82, 2.24) is 15.5 Å². The van der Waals surface area contributed by atoms with Gasteiger partial charge in [0.25, 0.3) is 0 Å². The van der Waals surface area contributed by atoms with Crippen LogP contribution in [0.2, 0.25) is 0 Å². The summed E-state index contributed by atoms with van der Waals surface area (Å²) in [6, 6.07) is -0.0895. The van der Waals surface area contributed by atoms with Crippen molar-refractivity contribution in [2.75, 3.05) is 39.9 Å². The van der Waals surface area contributed by atoms with Gasteiger partial charge in [-0.15, -0.1) is 0 Å². The van der Waals surface area contributed by atoms with Crippen molar-refractivity contribution < 1.29 is 19.4 Å². The maximum Gasteiger partial charge on any atom is 0.315 e. The number of hydrogen-bond donors (Lipinski definition) is 3. The van der Waals surface area contributed by atoms with E-state index in [1.165, 1.54) is 0 Å². The molecule has 2 rings (SSSR count). The summed E-state index contributed by atoms with van der Waals surface area (Å²) < 4.78 is 5.22. The average molecular weight is 299 g/mol. The Morgan fingerprint density at radius 1 is 1.29 bits per heavy atom. The number of amides is 2. The van der Waals surface area contributed by atoms with E-state index in [9.17, 15) is 14.7 Å². The number of nitrogens with one attached hydrogen (secondary N) is 2. The molecular weight excluding hydrogens is 274 g/mol. The quantitative estimate of drug-likeness (QED) is 0.693. The van der Waals surface area contributed by atoms with Gasteiger partial charge in [-0.3, -0.25) is 4.79 Å². The highest BCUT2D eigenvalue weighted by Crippen LogP contribution is 2.30. The van der Waals surface area contributed by atoms with Gasteiger partial charge in [0.1, 0.15) is 0 Å². The fourth-order valence-corrected chi connectivity index (χ4v) is 2.87. The maximum atomic E-state index is 11.9. The number of piperidine rings is 1. The van der Waals surface area contributed by atoms with Gasteiger partial charge in [0.15, 0.2) is 0 Å². The van der Waals surface area contributed by atoms with E-state index in [-0.39, 0.29) is 18.6 Å². The number of hydrogen-bond acceptors (Lipinski definition) is 4. The first-order valence-corrected chi connectivity index (χ1v) is 7.56. The molecule has 7 nitrogen and oxygen atoms in total. The van der Waals surface area contributed by atoms with Crippen LogP contribution in [0.15, 0.2) is 0 Å². The van der Waals surface area contributed by atoms with E-state index in [1.54, 1.807) is 0 Å². The van der Waals surface area contributed by atoms with Crippen LogP contribution in [0.1, 0.15) is 25.7 Å². The largest absolute Gasteiger partial charge is 0.481 e. The van der Waals surface area contributed by atoms with Crippen molar-refractivity contribution in [3.63, 3.8) is 0 Å². The third kappa shape index (κ3) is 4.31. The lowest BCUT2D eigenvalue weighted by molar-refractivity contribution is -0.154. The van der Waals surface area contributed by atoms with Crippen LogP contribution >= 0.6 is 0 Å². The van der Waals surface area contributed by atoms with E-state index in [0.29, 0.717) is 26.1 Å². The average Bonchev–Trinajstić information content (AvgIpc) is 2.48. The van der Waals surface area contributed by atoms with Crippen molar-refractivity contribution in [1.29, 1.82) is 0 Å². The Kier molecular flexibility index (Phi) is 5.41. The molecule has 2 heterocycles. The fraction of sp³-hybridized carbons (Fsp3) is 0.857. The number of carbonyl (C=O) groups is 2. The van der Waals surface area contributed by atoms with Crippen LogP contribution in [0.4, 0.5) is 4.79 Å². The molecule has 0 unspecified atom stereocenters. The second kappa shape index (κ2) is 7.09. The Hall–Kier alpha value is -1.34. The highest BCUT2D eigenvalue weighted by molar-refractivity contribution is 5.78. The monoisotopic (exact) mass is 299 g/mol. The smallest absolute Gasteiger partial charge is 0.315 e. The molecular formula is C14H25N3O4. The molecule has 0 bridgehead atoms. The lowest BCUT2D eigenvalue weighted by Crippen LogP contribution is -2.51. The molecule has 7 heteroatoms. The van der Waals surface area contributed by atoms with Crippen LogP contribution in [-0.4, -0.2) is 67.9 Å². The van der Waals surface area contributed by atoms with Crippen molar-refractivity contribution in [3.05, 3.63) is 0 Å². The predicted octanol–water partition coefficient (Wildman–Crippen LogP) is 0.261. The Labute approximate surface area is 125 Å². The second-order valence-electron chi connectivity index (χ2n) is 6.10. The van der Waals surface area contributed by atoms with Gasteiger partial charge in [0.05, 0.1) is 5.41 Å². The summed E-state index contributed by atoms with van der Waals surface area (Å²) in [5.74, 6) is -0.856. The minimum Gasteiger partial charge on any atom is -0.481 e. The molecule has 2 amide bonds. The molecule has 0 saturated carbocycles. The van der Waals surface area contributed by atoms with Gasteiger partial charge in [-0.25, -0.2) is 4.79 Å². The Balaban J connectivity index is 1.78. The van der Waals surface area contributed by atoms with Crippen molar-refractivity contribution in [3.8, 4) is 0 Å². The molecule has 2 aliphatic heterocycles. The molecule has 2 saturated heterocycles. The van der Waals surface area contributed by atoms with Gasteiger partial charge in [-0.2, -0.15) is 0 Å². The first kappa shape index (κ1) is 16.0. The van der Waals surface area contributed by atoms with Gasteiger partial charge in [0.2, 0.25) is 0 Å². The minimum atomic E-state index is -0.887. The van der Waals surface area contributed by atoms with Crippen LogP contribution < -0.4 is 10.6 Å². The number of nitrogens with zero attached hydrogens (tertiary/aromatic N) is 1. The van der Waals surface area contributed by atoms with Gasteiger partial charge >= 0.3 is 12.0 Å². The SMILES string of the molecule is CN1CCC(NC(=O)NCC2(C(=O)O)CCOCC2)CC1. The molecule has 0 aromatic heterocycles. The molecule has 0 aromatic rings. The third-order valence-electron chi connectivity index (χ3n) is 4.54. The molecule has 0 spiro atoms. The number of carboxylic acid groups (broad SMARTS) is 1. The predicted molar refractivity (Wildman–Crippen MR) is 77.2 cm³/mol. The third-order valence-corrected chi connectivity index (χ3v) is 4.54. The number of likely N-dealkylation sites (tertiary alicyclic amines) is 1. The number of aliphatic carboxylic acids is 1. The van der Waals surface area contributed by atoms with E-state index < -0.39 is 11.4 Å². The Morgan fingerprint density at radius 3 is 2.48 bits per heavy atom. The van der Waals surface area contributed by atoms with Crippen LogP contribution in [0.3, 0.4) is 0 Å². The number of carboxylic acids is 1. The van der Waals surface area contributed by atoms with E-state index in [4.69, 9.17) is 4.74 Å². The van der Waals surface area contributed by atoms with Gasteiger partial charge in [-0.1, -0.05) is 0 Å². The van der Waals surface area contributed by atoms with Crippen LogP contribution in [0.25, 0.3) is 0 Å². The van der Waals surface area contributed by atoms with Crippen molar-refractivity contribution in [2.24, 2.45) is 5.41 Å². The summed E-state index contributed by atoms with van der Waals surface area (Å²) in [4.78, 5) is 25.7. The van der Waals surface area contributed by atoms with E-state index >= 15 is 0 Å². The Bertz CT molecular complexity index is 374. The topological polar surface area (TPSA) is 90.9 Å². The summed E-state index contributed by atoms with van der Waals surface area (Å²) in [5, 5.41) is 15.1. The van der Waals surface area contributed by atoms with E-state index in [1.807, 2.05) is 0 Å². The van der Waals surface area contributed by atoms with Crippen molar-refractivity contribution in [2.45, 2.75) is 31.7 Å². The summed E-state index contributed by atoms with van der Waals surface area (Å²) in [6.07, 6.45) is 2.75. The molecule has 3 N–H and O–H groups in total. The van der Waals surface area contributed by atoms with Gasteiger partial charge < -0.3 is 25.4 Å². The lowest BCUT2D eigenvalue weighted by atomic mass is 9.80. The summed E-state index contributed by atoms with van der Waals surface area (Å²) in [7, 11) is 2.07. The molecule has 0 radical (unpaired) electrons. The zero-order chi connectivity index (χ0) is 15.3. The molecule has 0 aliphatic carbocycles. The summed E-state index contributed by atoms with van der Waals surface area (Å²) in [6.45, 7) is 2.97. The molecule has 21 heavy (non-hydrogen) atoms. The zero-order valence-corrected chi connectivity index (χ0v) is 12.6. The first-order chi connectivity index (χ1) is 10.0. The van der Waals surface area contributed by atoms with Crippen molar-refractivity contribution >= 4 is 12.0 Å². The van der Waals surface area contributed by atoms with E-state index in [2.05, 4.69) is 22.6 Å². The molecule has 2 fully saturated rings. The standard InChI is InChI=1S/C14H25N3O4/c1-17-6-2-11(3-7-17)16-13(20)15-10-14(12(18)19)4-8-21-9-5-14/h11H,2-10H2,1H3,(H,18,19)(H2,15,16,20). The normalized spacial score (nSPS) is 23.5. The van der Waals surface area contributed by atoms with Gasteiger partial charge in [-0.05, 0) is 45.8 Å². The fourth-order valence-electron chi connectivity index (χ4n) is 2.87. The summed E-state index contributed by atoms with van der Waals surface area (Å²) >= 11 is 0. The maximum absolute atomic E-state index is 11.9. The highest BCUT2D eigenvalue weighted by Gasteiger charge is 2.40. The van der Waals surface area contributed by atoms with E-state index in [0.717, 1.165) is 25.9 Å². The minimum absolute atomic E-state index is 0.157. The number of rotatable bonds is 4. The van der Waals surface area contributed by atoms with Gasteiger partial charge in [0, 0.05) is 25.8 Å². The lowest BCUT2D eigenvalue weighted by Gasteiger charge is -2.34. The van der Waals surface area contributed by atoms with Crippen LogP contribution in [0, 0.1) is 5.41 Å². The Morgan fingerprint density at radius 2 is 1.90 bits per heavy atom. The molecule has 0 atom stereocenters. The van der Waals surface area contributed by atoms with Crippen LogP contribution in [-0.2, 0) is 9.53 Å². The molecule has 2 aliphatic rings. The van der Waals surface area contributed by atoms with Crippen LogP contribution in [0.5, 0.6) is 0 Å². The number of urea groups is 1. The first-order valence-electron chi connectivity index (χ1n) is 7.56. The molecule has 0 aromatic carbocycles. The zero-order valence-electron chi connectivity index (χ0n) is 12.6. The number of carbonyl (C=O) groups excluding carboxylic acids is 1. The second-order valence-corrected chi connectivity index (χ2v) is 6.10. The highest BCUT2D eigenvalue weighted by atomic mass is 16.5. The summed E-state index contributed by atoms with van der Waals surface area (Å²) in [5.41, 5.74) is -0.887. The molecule has 120 valence electrons.